The van der Waals surface area contributed by atoms with Crippen molar-refractivity contribution in [3.05, 3.63) is 218 Å². The number of hydrogen-bond donors (Lipinski definition) is 0. The fraction of sp³-hybridized carbons (Fsp3) is 0. The van der Waals surface area contributed by atoms with E-state index in [0.717, 1.165) is 60.9 Å². The molecule has 0 saturated carbocycles. The van der Waals surface area contributed by atoms with Gasteiger partial charge in [-0.2, -0.15) is 9.97 Å². The molecule has 0 unspecified atom stereocenters. The summed E-state index contributed by atoms with van der Waals surface area (Å²) in [5.41, 5.74) is 10.8. The normalized spacial score (nSPS) is 11.8. The molecule has 5 heteroatoms. The topological polar surface area (TPSA) is 43.6 Å². The third-order valence-corrected chi connectivity index (χ3v) is 13.8. The largest absolute Gasteiger partial charge is 0.277 e. The maximum atomic E-state index is 5.41. The molecule has 0 saturated heterocycles. The van der Waals surface area contributed by atoms with E-state index in [-0.39, 0.29) is 0 Å². The lowest BCUT2D eigenvalue weighted by molar-refractivity contribution is 0.954. The lowest BCUT2D eigenvalue weighted by atomic mass is 9.97. The van der Waals surface area contributed by atoms with E-state index < -0.39 is 0 Å². The Hall–Kier alpha value is -8.25. The first-order chi connectivity index (χ1) is 31.7. The lowest BCUT2D eigenvalue weighted by Gasteiger charge is -2.13. The van der Waals surface area contributed by atoms with Crippen molar-refractivity contribution in [2.75, 3.05) is 0 Å². The molecule has 0 aliphatic carbocycles. The van der Waals surface area contributed by atoms with Gasteiger partial charge in [-0.25, -0.2) is 4.98 Å². The molecule has 10 aromatic carbocycles. The van der Waals surface area contributed by atoms with Crippen LogP contribution in [0.25, 0.3) is 126 Å². The Morgan fingerprint density at radius 1 is 0.328 bits per heavy atom. The highest BCUT2D eigenvalue weighted by Gasteiger charge is 2.23. The van der Waals surface area contributed by atoms with Crippen molar-refractivity contribution in [1.29, 1.82) is 0 Å². The summed E-state index contributed by atoms with van der Waals surface area (Å²) in [7, 11) is 0. The van der Waals surface area contributed by atoms with Crippen LogP contribution in [0.5, 0.6) is 0 Å². The standard InChI is InChI=1S/C59H36N4S/c1-3-12-37(13-4-1)39-22-26-43(27-23-39)57-60-58(44-28-24-40(25-29-44)38-14-5-2-6-15-38)62-59(61-57)63-51-33-30-41-16-7-9-18-46(41)54(51)49-21-11-20-48(56(49)63)45-32-34-52-50(36-45)55-47-19-10-8-17-42(47)31-35-53(55)64-52/h1-36H. The second kappa shape index (κ2) is 14.7. The summed E-state index contributed by atoms with van der Waals surface area (Å²) in [5.74, 6) is 1.78. The molecule has 0 aliphatic heterocycles. The summed E-state index contributed by atoms with van der Waals surface area (Å²) in [5, 5.41) is 9.80. The van der Waals surface area contributed by atoms with Crippen molar-refractivity contribution >= 4 is 74.9 Å². The number of nitrogens with zero attached hydrogens (tertiary/aromatic N) is 4. The fourth-order valence-electron chi connectivity index (χ4n) is 9.60. The molecule has 0 spiro atoms. The Labute approximate surface area is 373 Å². The molecule has 13 aromatic rings. The smallest absolute Gasteiger partial charge is 0.238 e. The molecule has 64 heavy (non-hydrogen) atoms. The van der Waals surface area contributed by atoms with Gasteiger partial charge in [0.05, 0.1) is 11.0 Å². The second-order valence-corrected chi connectivity index (χ2v) is 17.4. The van der Waals surface area contributed by atoms with Crippen molar-refractivity contribution in [3.8, 4) is 62.1 Å². The minimum atomic E-state index is 0.565. The molecular formula is C59H36N4S. The Balaban J connectivity index is 1.08. The molecule has 0 fully saturated rings. The Morgan fingerprint density at radius 2 is 0.828 bits per heavy atom. The molecule has 13 rings (SSSR count). The summed E-state index contributed by atoms with van der Waals surface area (Å²) in [4.78, 5) is 16.1. The first kappa shape index (κ1) is 36.4. The molecular weight excluding hydrogens is 797 g/mol. The van der Waals surface area contributed by atoms with Crippen molar-refractivity contribution < 1.29 is 0 Å². The van der Waals surface area contributed by atoms with Crippen molar-refractivity contribution in [2.45, 2.75) is 0 Å². The predicted octanol–water partition coefficient (Wildman–Crippen LogP) is 16.0. The van der Waals surface area contributed by atoms with Gasteiger partial charge in [-0.3, -0.25) is 4.57 Å². The van der Waals surface area contributed by atoms with E-state index >= 15 is 0 Å². The second-order valence-electron chi connectivity index (χ2n) is 16.4. The first-order valence-corrected chi connectivity index (χ1v) is 22.4. The molecule has 0 aliphatic rings. The zero-order valence-corrected chi connectivity index (χ0v) is 35.3. The van der Waals surface area contributed by atoms with Gasteiger partial charge in [0.1, 0.15) is 0 Å². The van der Waals surface area contributed by atoms with Crippen LogP contribution >= 0.6 is 11.3 Å². The van der Waals surface area contributed by atoms with Crippen LogP contribution in [0.3, 0.4) is 0 Å². The summed E-state index contributed by atoms with van der Waals surface area (Å²) in [6, 6.07) is 78.0. The van der Waals surface area contributed by atoms with Crippen molar-refractivity contribution in [2.24, 2.45) is 0 Å². The highest BCUT2D eigenvalue weighted by Crippen LogP contribution is 2.44. The van der Waals surface area contributed by atoms with E-state index in [9.17, 15) is 0 Å². The number of benzene rings is 10. The van der Waals surface area contributed by atoms with E-state index in [4.69, 9.17) is 15.0 Å². The molecule has 0 radical (unpaired) electrons. The van der Waals surface area contributed by atoms with Crippen LogP contribution in [0.15, 0.2) is 218 Å². The summed E-state index contributed by atoms with van der Waals surface area (Å²) >= 11 is 1.86. The number of aromatic nitrogens is 4. The van der Waals surface area contributed by atoms with Crippen molar-refractivity contribution in [1.82, 2.24) is 19.5 Å². The van der Waals surface area contributed by atoms with E-state index in [1.807, 2.05) is 23.5 Å². The number of para-hydroxylation sites is 1. The summed E-state index contributed by atoms with van der Waals surface area (Å²) in [6.45, 7) is 0. The molecule has 0 N–H and O–H groups in total. The van der Waals surface area contributed by atoms with Crippen LogP contribution in [0.4, 0.5) is 0 Å². The van der Waals surface area contributed by atoms with Gasteiger partial charge in [-0.15, -0.1) is 11.3 Å². The van der Waals surface area contributed by atoms with E-state index in [1.165, 1.54) is 47.1 Å². The van der Waals surface area contributed by atoms with Crippen LogP contribution in [0.1, 0.15) is 0 Å². The van der Waals surface area contributed by atoms with Gasteiger partial charge < -0.3 is 0 Å². The predicted molar refractivity (Wildman–Crippen MR) is 269 cm³/mol. The number of fused-ring (bicyclic) bond motifs is 10. The fourth-order valence-corrected chi connectivity index (χ4v) is 10.7. The highest BCUT2D eigenvalue weighted by molar-refractivity contribution is 7.26. The molecule has 4 nitrogen and oxygen atoms in total. The van der Waals surface area contributed by atoms with E-state index in [0.29, 0.717) is 17.6 Å². The quantitative estimate of drug-likeness (QED) is 0.168. The van der Waals surface area contributed by atoms with Gasteiger partial charge in [0, 0.05) is 47.6 Å². The molecule has 3 aromatic heterocycles. The molecule has 0 atom stereocenters. The van der Waals surface area contributed by atoms with Gasteiger partial charge in [0.25, 0.3) is 0 Å². The van der Waals surface area contributed by atoms with Crippen molar-refractivity contribution in [3.63, 3.8) is 0 Å². The monoisotopic (exact) mass is 832 g/mol. The van der Waals surface area contributed by atoms with E-state index in [1.54, 1.807) is 0 Å². The minimum Gasteiger partial charge on any atom is -0.277 e. The highest BCUT2D eigenvalue weighted by atomic mass is 32.1. The van der Waals surface area contributed by atoms with Crippen LogP contribution in [0, 0.1) is 0 Å². The van der Waals surface area contributed by atoms with Gasteiger partial charge in [0.15, 0.2) is 11.6 Å². The van der Waals surface area contributed by atoms with Crippen LogP contribution in [-0.4, -0.2) is 19.5 Å². The Bertz CT molecular complexity index is 3830. The molecule has 0 amide bonds. The van der Waals surface area contributed by atoms with Gasteiger partial charge in [-0.1, -0.05) is 194 Å². The zero-order valence-electron chi connectivity index (χ0n) is 34.5. The lowest BCUT2D eigenvalue weighted by Crippen LogP contribution is -2.07. The summed E-state index contributed by atoms with van der Waals surface area (Å²) < 4.78 is 4.85. The molecule has 298 valence electrons. The number of hydrogen-bond acceptors (Lipinski definition) is 4. The minimum absolute atomic E-state index is 0.565. The maximum absolute atomic E-state index is 5.41. The zero-order chi connectivity index (χ0) is 42.1. The number of rotatable bonds is 6. The first-order valence-electron chi connectivity index (χ1n) is 21.6. The average Bonchev–Trinajstić information content (AvgIpc) is 3.93. The number of thiophene rings is 1. The Morgan fingerprint density at radius 3 is 1.47 bits per heavy atom. The third-order valence-electron chi connectivity index (χ3n) is 12.7. The summed E-state index contributed by atoms with van der Waals surface area (Å²) in [6.07, 6.45) is 0. The maximum Gasteiger partial charge on any atom is 0.238 e. The van der Waals surface area contributed by atoms with Crippen LogP contribution in [0.2, 0.25) is 0 Å². The van der Waals surface area contributed by atoms with Crippen LogP contribution in [-0.2, 0) is 0 Å². The van der Waals surface area contributed by atoms with Gasteiger partial charge in [-0.05, 0) is 73.6 Å². The van der Waals surface area contributed by atoms with E-state index in [2.05, 4.69) is 211 Å². The average molecular weight is 833 g/mol. The molecule has 0 bridgehead atoms. The Kier molecular flexibility index (Phi) is 8.36. The van der Waals surface area contributed by atoms with Gasteiger partial charge >= 0.3 is 0 Å². The third kappa shape index (κ3) is 5.93. The van der Waals surface area contributed by atoms with Gasteiger partial charge in [0.2, 0.25) is 5.95 Å². The molecule has 3 heterocycles. The SMILES string of the molecule is c1ccc(-c2ccc(-c3nc(-c4ccc(-c5ccccc5)cc4)nc(-n4c5ccc6ccccc6c5c5cccc(-c6ccc7sc8ccc9ccccc9c8c7c6)c54)n3)cc2)cc1. The van der Waals surface area contributed by atoms with Crippen LogP contribution < -0.4 is 0 Å².